The molecule has 2 atom stereocenters. The van der Waals surface area contributed by atoms with Crippen LogP contribution in [-0.4, -0.2) is 41.5 Å². The summed E-state index contributed by atoms with van der Waals surface area (Å²) in [6.07, 6.45) is 2.65. The third-order valence-corrected chi connectivity index (χ3v) is 4.75. The topological polar surface area (TPSA) is 52.6 Å². The molecule has 1 saturated carbocycles. The summed E-state index contributed by atoms with van der Waals surface area (Å²) in [6, 6.07) is 7.77. The molecule has 0 aliphatic heterocycles. The minimum absolute atomic E-state index is 0.118. The van der Waals surface area contributed by atoms with Crippen LogP contribution in [0.1, 0.15) is 26.2 Å². The lowest BCUT2D eigenvalue weighted by Gasteiger charge is -2.23. The summed E-state index contributed by atoms with van der Waals surface area (Å²) < 4.78 is 0. The molecule has 1 aliphatic rings. The molecule has 1 fully saturated rings. The lowest BCUT2D eigenvalue weighted by Crippen LogP contribution is -2.37. The Hall–Kier alpha value is -1.20. The number of rotatable bonds is 5. The minimum atomic E-state index is -0.260. The van der Waals surface area contributed by atoms with Gasteiger partial charge in [-0.3, -0.25) is 0 Å². The SMILES string of the molecule is CCSc1cccc(NC(=O)N(C)C[C@@H]2CCC[C@H]2O)c1. The van der Waals surface area contributed by atoms with Gasteiger partial charge in [0.2, 0.25) is 0 Å². The van der Waals surface area contributed by atoms with Crippen LogP contribution in [0.2, 0.25) is 0 Å². The van der Waals surface area contributed by atoms with Gasteiger partial charge in [0.25, 0.3) is 0 Å². The maximum absolute atomic E-state index is 12.2. The van der Waals surface area contributed by atoms with Gasteiger partial charge in [0, 0.05) is 30.1 Å². The van der Waals surface area contributed by atoms with Crippen LogP contribution in [0.4, 0.5) is 10.5 Å². The Bertz CT molecular complexity index is 481. The van der Waals surface area contributed by atoms with Crippen molar-refractivity contribution in [1.29, 1.82) is 0 Å². The Morgan fingerprint density at radius 1 is 1.48 bits per heavy atom. The summed E-state index contributed by atoms with van der Waals surface area (Å²) in [5.74, 6) is 1.22. The van der Waals surface area contributed by atoms with Gasteiger partial charge in [-0.25, -0.2) is 4.79 Å². The molecule has 2 amide bonds. The van der Waals surface area contributed by atoms with E-state index in [9.17, 15) is 9.90 Å². The molecule has 0 saturated heterocycles. The molecule has 2 N–H and O–H groups in total. The number of nitrogens with one attached hydrogen (secondary N) is 1. The molecule has 116 valence electrons. The molecule has 2 rings (SSSR count). The number of anilines is 1. The van der Waals surface area contributed by atoms with Crippen LogP contribution >= 0.6 is 11.8 Å². The first kappa shape index (κ1) is 16.2. The second kappa shape index (κ2) is 7.71. The zero-order valence-electron chi connectivity index (χ0n) is 12.7. The van der Waals surface area contributed by atoms with Crippen LogP contribution in [0.3, 0.4) is 0 Å². The monoisotopic (exact) mass is 308 g/mol. The molecule has 5 heteroatoms. The molecule has 0 spiro atoms. The highest BCUT2D eigenvalue weighted by molar-refractivity contribution is 7.99. The van der Waals surface area contributed by atoms with Gasteiger partial charge in [0.1, 0.15) is 0 Å². The van der Waals surface area contributed by atoms with Crippen LogP contribution in [-0.2, 0) is 0 Å². The van der Waals surface area contributed by atoms with Crippen molar-refractivity contribution in [3.8, 4) is 0 Å². The summed E-state index contributed by atoms with van der Waals surface area (Å²) in [6.45, 7) is 2.72. The molecule has 0 unspecified atom stereocenters. The van der Waals surface area contributed by atoms with Gasteiger partial charge in [-0.2, -0.15) is 0 Å². The summed E-state index contributed by atoms with van der Waals surface area (Å²) in [4.78, 5) is 15.0. The van der Waals surface area contributed by atoms with Gasteiger partial charge < -0.3 is 15.3 Å². The van der Waals surface area contributed by atoms with E-state index in [0.717, 1.165) is 35.6 Å². The van der Waals surface area contributed by atoms with Crippen molar-refractivity contribution in [3.05, 3.63) is 24.3 Å². The molecule has 1 aromatic rings. The van der Waals surface area contributed by atoms with Gasteiger partial charge in [0.05, 0.1) is 6.10 Å². The maximum Gasteiger partial charge on any atom is 0.321 e. The summed E-state index contributed by atoms with van der Waals surface area (Å²) >= 11 is 1.75. The van der Waals surface area contributed by atoms with E-state index in [1.807, 2.05) is 24.3 Å². The highest BCUT2D eigenvalue weighted by Gasteiger charge is 2.27. The third kappa shape index (κ3) is 4.64. The molecule has 0 heterocycles. The van der Waals surface area contributed by atoms with Gasteiger partial charge in [-0.15, -0.1) is 11.8 Å². The number of benzene rings is 1. The lowest BCUT2D eigenvalue weighted by atomic mass is 10.1. The van der Waals surface area contributed by atoms with Crippen LogP contribution < -0.4 is 5.32 Å². The normalized spacial score (nSPS) is 21.3. The van der Waals surface area contributed by atoms with E-state index < -0.39 is 0 Å². The standard InChI is InChI=1S/C16H24N2O2S/c1-3-21-14-8-5-7-13(10-14)17-16(20)18(2)11-12-6-4-9-15(12)19/h5,7-8,10,12,15,19H,3-4,6,9,11H2,1-2H3,(H,17,20)/t12-,15+/m0/s1. The number of aliphatic hydroxyl groups excluding tert-OH is 1. The Kier molecular flexibility index (Phi) is 5.94. The molecule has 21 heavy (non-hydrogen) atoms. The van der Waals surface area contributed by atoms with Crippen LogP contribution in [0.5, 0.6) is 0 Å². The number of nitrogens with zero attached hydrogens (tertiary/aromatic N) is 1. The smallest absolute Gasteiger partial charge is 0.321 e. The zero-order chi connectivity index (χ0) is 15.2. The van der Waals surface area contributed by atoms with Crippen molar-refractivity contribution >= 4 is 23.5 Å². The van der Waals surface area contributed by atoms with Crippen LogP contribution in [0.15, 0.2) is 29.2 Å². The van der Waals surface area contributed by atoms with E-state index in [4.69, 9.17) is 0 Å². The van der Waals surface area contributed by atoms with E-state index in [0.29, 0.717) is 6.54 Å². The van der Waals surface area contributed by atoms with Gasteiger partial charge >= 0.3 is 6.03 Å². The van der Waals surface area contributed by atoms with Crippen molar-refractivity contribution in [2.24, 2.45) is 5.92 Å². The second-order valence-electron chi connectivity index (χ2n) is 5.53. The number of thioether (sulfide) groups is 1. The van der Waals surface area contributed by atoms with Gasteiger partial charge in [0.15, 0.2) is 0 Å². The lowest BCUT2D eigenvalue weighted by molar-refractivity contribution is 0.116. The zero-order valence-corrected chi connectivity index (χ0v) is 13.5. The highest BCUT2D eigenvalue weighted by Crippen LogP contribution is 2.26. The number of hydrogen-bond acceptors (Lipinski definition) is 3. The third-order valence-electron chi connectivity index (χ3n) is 3.87. The summed E-state index contributed by atoms with van der Waals surface area (Å²) in [5.41, 5.74) is 0.817. The van der Waals surface area contributed by atoms with E-state index >= 15 is 0 Å². The fourth-order valence-electron chi connectivity index (χ4n) is 2.71. The largest absolute Gasteiger partial charge is 0.393 e. The molecule has 0 radical (unpaired) electrons. The van der Waals surface area contributed by atoms with Crippen LogP contribution in [0.25, 0.3) is 0 Å². The second-order valence-corrected chi connectivity index (χ2v) is 6.87. The minimum Gasteiger partial charge on any atom is -0.393 e. The quantitative estimate of drug-likeness (QED) is 0.820. The van der Waals surface area contributed by atoms with Crippen LogP contribution in [0, 0.1) is 5.92 Å². The first-order valence-corrected chi connectivity index (χ1v) is 8.51. The number of hydrogen-bond donors (Lipinski definition) is 2. The van der Waals surface area contributed by atoms with Gasteiger partial charge in [-0.1, -0.05) is 19.4 Å². The van der Waals surface area contributed by atoms with Crippen molar-refractivity contribution in [3.63, 3.8) is 0 Å². The number of aliphatic hydroxyl groups is 1. The summed E-state index contributed by atoms with van der Waals surface area (Å²) in [5, 5.41) is 12.8. The Balaban J connectivity index is 1.89. The van der Waals surface area contributed by atoms with E-state index in [2.05, 4.69) is 12.2 Å². The van der Waals surface area contributed by atoms with E-state index in [1.165, 1.54) is 0 Å². The first-order chi connectivity index (χ1) is 10.1. The average Bonchev–Trinajstić information content (AvgIpc) is 2.85. The van der Waals surface area contributed by atoms with Crippen molar-refractivity contribution in [1.82, 2.24) is 4.90 Å². The van der Waals surface area contributed by atoms with Crippen molar-refractivity contribution in [2.75, 3.05) is 24.7 Å². The predicted octanol–water partition coefficient (Wildman–Crippen LogP) is 3.42. The Morgan fingerprint density at radius 3 is 2.95 bits per heavy atom. The Morgan fingerprint density at radius 2 is 2.29 bits per heavy atom. The molecule has 0 aromatic heterocycles. The number of amides is 2. The molecular weight excluding hydrogens is 284 g/mol. The number of carbonyl (C=O) groups is 1. The van der Waals surface area contributed by atoms with Crippen molar-refractivity contribution in [2.45, 2.75) is 37.2 Å². The maximum atomic E-state index is 12.2. The average molecular weight is 308 g/mol. The van der Waals surface area contributed by atoms with E-state index in [-0.39, 0.29) is 18.1 Å². The first-order valence-electron chi connectivity index (χ1n) is 7.53. The molecule has 1 aliphatic carbocycles. The Labute approximate surface area is 130 Å². The van der Waals surface area contributed by atoms with Crippen molar-refractivity contribution < 1.29 is 9.90 Å². The molecule has 0 bridgehead atoms. The number of carbonyl (C=O) groups excluding carboxylic acids is 1. The predicted molar refractivity (Wildman–Crippen MR) is 87.8 cm³/mol. The summed E-state index contributed by atoms with van der Waals surface area (Å²) in [7, 11) is 1.78. The van der Waals surface area contributed by atoms with E-state index in [1.54, 1.807) is 23.7 Å². The fourth-order valence-corrected chi connectivity index (χ4v) is 3.43. The number of urea groups is 1. The molecule has 4 nitrogen and oxygen atoms in total. The molecular formula is C16H24N2O2S. The van der Waals surface area contributed by atoms with Gasteiger partial charge in [-0.05, 0) is 36.8 Å². The molecule has 1 aromatic carbocycles. The fraction of sp³-hybridized carbons (Fsp3) is 0.562. The highest BCUT2D eigenvalue weighted by atomic mass is 32.2.